The Bertz CT molecular complexity index is 609. The maximum absolute atomic E-state index is 11.4. The van der Waals surface area contributed by atoms with E-state index in [2.05, 4.69) is 4.72 Å². The highest BCUT2D eigenvalue weighted by Crippen LogP contribution is 2.49. The summed E-state index contributed by atoms with van der Waals surface area (Å²) in [5.41, 5.74) is -0.369. The number of sulfonamides is 1. The monoisotopic (exact) mass is 287 g/mol. The van der Waals surface area contributed by atoms with Crippen LogP contribution in [0.4, 0.5) is 0 Å². The highest BCUT2D eigenvalue weighted by Gasteiger charge is 2.44. The van der Waals surface area contributed by atoms with Crippen molar-refractivity contribution in [1.29, 1.82) is 0 Å². The van der Waals surface area contributed by atoms with E-state index in [1.54, 1.807) is 19.9 Å². The van der Waals surface area contributed by atoms with Crippen molar-refractivity contribution in [2.75, 3.05) is 13.4 Å². The molecular weight excluding hydrogens is 270 g/mol. The maximum atomic E-state index is 11.4. The summed E-state index contributed by atoms with van der Waals surface area (Å²) in [4.78, 5) is 0. The second-order valence-corrected chi connectivity index (χ2v) is 6.87. The van der Waals surface area contributed by atoms with Crippen molar-refractivity contribution in [3.8, 4) is 17.2 Å². The van der Waals surface area contributed by atoms with Gasteiger partial charge >= 0.3 is 0 Å². The third-order valence-electron chi connectivity index (χ3n) is 3.02. The molecule has 1 aromatic carbocycles. The quantitative estimate of drug-likeness (QED) is 0.871. The van der Waals surface area contributed by atoms with Crippen LogP contribution in [0.2, 0.25) is 0 Å². The SMILES string of the molecule is COc1cc(O)c2c(c1)OC(C)(C)C2NS(C)(=O)=O. The van der Waals surface area contributed by atoms with Crippen molar-refractivity contribution in [2.24, 2.45) is 0 Å². The molecule has 1 aliphatic rings. The molecule has 1 unspecified atom stereocenters. The fourth-order valence-corrected chi connectivity index (χ4v) is 3.01. The first kappa shape index (κ1) is 14.0. The molecule has 19 heavy (non-hydrogen) atoms. The molecule has 1 heterocycles. The van der Waals surface area contributed by atoms with Gasteiger partial charge in [0.15, 0.2) is 0 Å². The summed E-state index contributed by atoms with van der Waals surface area (Å²) in [6.45, 7) is 3.50. The van der Waals surface area contributed by atoms with Gasteiger partial charge in [0.1, 0.15) is 22.8 Å². The Kier molecular flexibility index (Phi) is 3.14. The van der Waals surface area contributed by atoms with E-state index < -0.39 is 21.7 Å². The van der Waals surface area contributed by atoms with Gasteiger partial charge in [0.05, 0.1) is 25.0 Å². The molecule has 0 bridgehead atoms. The molecule has 0 aromatic heterocycles. The fraction of sp³-hybridized carbons (Fsp3) is 0.500. The number of phenolic OH excluding ortho intramolecular Hbond substituents is 1. The van der Waals surface area contributed by atoms with Crippen LogP contribution in [0.3, 0.4) is 0 Å². The van der Waals surface area contributed by atoms with Crippen LogP contribution >= 0.6 is 0 Å². The predicted octanol–water partition coefficient (Wildman–Crippen LogP) is 1.16. The molecule has 0 saturated carbocycles. The lowest BCUT2D eigenvalue weighted by molar-refractivity contribution is 0.105. The van der Waals surface area contributed by atoms with Gasteiger partial charge < -0.3 is 14.6 Å². The van der Waals surface area contributed by atoms with E-state index >= 15 is 0 Å². The van der Waals surface area contributed by atoms with E-state index in [0.29, 0.717) is 17.1 Å². The van der Waals surface area contributed by atoms with Gasteiger partial charge in [-0.05, 0) is 13.8 Å². The number of aromatic hydroxyl groups is 1. The van der Waals surface area contributed by atoms with Crippen LogP contribution < -0.4 is 14.2 Å². The van der Waals surface area contributed by atoms with Gasteiger partial charge in [-0.1, -0.05) is 0 Å². The van der Waals surface area contributed by atoms with Crippen LogP contribution in [0.1, 0.15) is 25.5 Å². The topological polar surface area (TPSA) is 84.9 Å². The fourth-order valence-electron chi connectivity index (χ4n) is 2.18. The third kappa shape index (κ3) is 2.62. The Labute approximate surface area is 112 Å². The number of benzene rings is 1. The van der Waals surface area contributed by atoms with Gasteiger partial charge in [0.2, 0.25) is 10.0 Å². The largest absolute Gasteiger partial charge is 0.507 e. The standard InChI is InChI=1S/C12H17NO5S/c1-12(2)11(13-19(4,15)16)10-8(14)5-7(17-3)6-9(10)18-12/h5-6,11,13-14H,1-4H3. The van der Waals surface area contributed by atoms with Gasteiger partial charge in [-0.3, -0.25) is 0 Å². The lowest BCUT2D eigenvalue weighted by Gasteiger charge is -2.26. The normalized spacial score (nSPS) is 20.7. The summed E-state index contributed by atoms with van der Waals surface area (Å²) in [6.07, 6.45) is 1.07. The molecule has 2 N–H and O–H groups in total. The summed E-state index contributed by atoms with van der Waals surface area (Å²) >= 11 is 0. The second kappa shape index (κ2) is 4.28. The highest BCUT2D eigenvalue weighted by atomic mass is 32.2. The van der Waals surface area contributed by atoms with E-state index in [0.717, 1.165) is 6.26 Å². The van der Waals surface area contributed by atoms with Crippen molar-refractivity contribution in [3.05, 3.63) is 17.7 Å². The average molecular weight is 287 g/mol. The zero-order valence-corrected chi connectivity index (χ0v) is 12.0. The van der Waals surface area contributed by atoms with Crippen LogP contribution in [-0.4, -0.2) is 32.5 Å². The Morgan fingerprint density at radius 3 is 2.58 bits per heavy atom. The molecule has 0 spiro atoms. The van der Waals surface area contributed by atoms with E-state index in [4.69, 9.17) is 9.47 Å². The van der Waals surface area contributed by atoms with Crippen LogP contribution in [0, 0.1) is 0 Å². The summed E-state index contributed by atoms with van der Waals surface area (Å²) in [5.74, 6) is 0.816. The molecule has 1 aromatic rings. The van der Waals surface area contributed by atoms with Gasteiger partial charge in [-0.25, -0.2) is 13.1 Å². The molecule has 2 rings (SSSR count). The van der Waals surface area contributed by atoms with Gasteiger partial charge in [0.25, 0.3) is 0 Å². The van der Waals surface area contributed by atoms with Crippen molar-refractivity contribution in [3.63, 3.8) is 0 Å². The summed E-state index contributed by atoms with van der Waals surface area (Å²) in [7, 11) is -1.95. The van der Waals surface area contributed by atoms with Gasteiger partial charge in [-0.15, -0.1) is 0 Å². The van der Waals surface area contributed by atoms with E-state index in [1.165, 1.54) is 13.2 Å². The summed E-state index contributed by atoms with van der Waals surface area (Å²) in [6, 6.07) is 2.41. The summed E-state index contributed by atoms with van der Waals surface area (Å²) < 4.78 is 36.1. The number of rotatable bonds is 3. The third-order valence-corrected chi connectivity index (χ3v) is 3.68. The van der Waals surface area contributed by atoms with Crippen molar-refractivity contribution in [2.45, 2.75) is 25.5 Å². The van der Waals surface area contributed by atoms with E-state index in [9.17, 15) is 13.5 Å². The number of nitrogens with one attached hydrogen (secondary N) is 1. The Morgan fingerprint density at radius 2 is 2.05 bits per heavy atom. The van der Waals surface area contributed by atoms with Crippen LogP contribution in [0.5, 0.6) is 17.2 Å². The van der Waals surface area contributed by atoms with Crippen molar-refractivity contribution in [1.82, 2.24) is 4.72 Å². The predicted molar refractivity (Wildman–Crippen MR) is 70.1 cm³/mol. The van der Waals surface area contributed by atoms with E-state index in [1.807, 2.05) is 0 Å². The molecule has 0 radical (unpaired) electrons. The smallest absolute Gasteiger partial charge is 0.209 e. The second-order valence-electron chi connectivity index (χ2n) is 5.09. The number of methoxy groups -OCH3 is 1. The number of phenols is 1. The summed E-state index contributed by atoms with van der Waals surface area (Å²) in [5, 5.41) is 10.0. The van der Waals surface area contributed by atoms with Gasteiger partial charge in [0, 0.05) is 12.1 Å². The molecule has 0 aliphatic carbocycles. The number of hydrogen-bond donors (Lipinski definition) is 2. The van der Waals surface area contributed by atoms with E-state index in [-0.39, 0.29) is 5.75 Å². The molecule has 0 amide bonds. The lowest BCUT2D eigenvalue weighted by atomic mass is 9.95. The minimum absolute atomic E-state index is 0.0546. The zero-order chi connectivity index (χ0) is 14.4. The first-order chi connectivity index (χ1) is 8.64. The van der Waals surface area contributed by atoms with Crippen LogP contribution in [-0.2, 0) is 10.0 Å². The Balaban J connectivity index is 2.54. The maximum Gasteiger partial charge on any atom is 0.209 e. The first-order valence-corrected chi connectivity index (χ1v) is 7.60. The number of fused-ring (bicyclic) bond motifs is 1. The molecule has 0 fully saturated rings. The molecule has 1 atom stereocenters. The zero-order valence-electron chi connectivity index (χ0n) is 11.2. The van der Waals surface area contributed by atoms with Crippen molar-refractivity contribution >= 4 is 10.0 Å². The number of ether oxygens (including phenoxy) is 2. The van der Waals surface area contributed by atoms with Crippen molar-refractivity contribution < 1.29 is 23.0 Å². The molecule has 0 saturated heterocycles. The number of hydrogen-bond acceptors (Lipinski definition) is 5. The average Bonchev–Trinajstić information content (AvgIpc) is 2.47. The van der Waals surface area contributed by atoms with Gasteiger partial charge in [-0.2, -0.15) is 0 Å². The highest BCUT2D eigenvalue weighted by molar-refractivity contribution is 7.88. The Hall–Kier alpha value is -1.47. The Morgan fingerprint density at radius 1 is 1.42 bits per heavy atom. The molecule has 7 heteroatoms. The molecular formula is C12H17NO5S. The first-order valence-electron chi connectivity index (χ1n) is 5.71. The minimum atomic E-state index is -3.43. The molecule has 6 nitrogen and oxygen atoms in total. The van der Waals surface area contributed by atoms with Crippen LogP contribution in [0.25, 0.3) is 0 Å². The molecule has 106 valence electrons. The van der Waals surface area contributed by atoms with Crippen LogP contribution in [0.15, 0.2) is 12.1 Å². The lowest BCUT2D eigenvalue weighted by Crippen LogP contribution is -2.41. The molecule has 1 aliphatic heterocycles. The minimum Gasteiger partial charge on any atom is -0.507 e.